The molecule has 2 N–H and O–H groups in total. The number of hydrogen-bond acceptors (Lipinski definition) is 9. The van der Waals surface area contributed by atoms with E-state index in [0.29, 0.717) is 6.42 Å². The van der Waals surface area contributed by atoms with Crippen LogP contribution in [0.15, 0.2) is 33.9 Å². The van der Waals surface area contributed by atoms with Gasteiger partial charge in [0.15, 0.2) is 0 Å². The molecule has 204 valence electrons. The Bertz CT molecular complexity index is 1330. The molecule has 0 saturated heterocycles. The highest BCUT2D eigenvalue weighted by Gasteiger charge is 2.37. The van der Waals surface area contributed by atoms with Gasteiger partial charge in [0, 0.05) is 23.0 Å². The number of H-pyrrole nitrogens is 1. The van der Waals surface area contributed by atoms with Crippen LogP contribution in [-0.4, -0.2) is 62.6 Å². The number of thioether (sulfide) groups is 1. The van der Waals surface area contributed by atoms with E-state index >= 15 is 0 Å². The molecule has 0 spiro atoms. The number of methoxy groups -OCH3 is 1. The molecular formula is C26H33N5O6S. The fraction of sp³-hybridized carbons (Fsp3) is 0.500. The maximum Gasteiger partial charge on any atom is 0.408 e. The summed E-state index contributed by atoms with van der Waals surface area (Å²) in [5, 5.41) is 12.1. The minimum absolute atomic E-state index is 0.0173. The van der Waals surface area contributed by atoms with Crippen molar-refractivity contribution >= 4 is 40.6 Å². The van der Waals surface area contributed by atoms with Crippen molar-refractivity contribution in [1.82, 2.24) is 25.4 Å². The monoisotopic (exact) mass is 543 g/mol. The fourth-order valence-electron chi connectivity index (χ4n) is 4.38. The zero-order chi connectivity index (χ0) is 27.6. The Hall–Kier alpha value is -3.54. The average Bonchev–Trinajstić information content (AvgIpc) is 3.47. The summed E-state index contributed by atoms with van der Waals surface area (Å²) in [6.07, 6.45) is -0.228. The van der Waals surface area contributed by atoms with Gasteiger partial charge in [-0.3, -0.25) is 4.79 Å². The average molecular weight is 544 g/mol. The lowest BCUT2D eigenvalue weighted by molar-refractivity contribution is -0.153. The lowest BCUT2D eigenvalue weighted by atomic mass is 9.96. The molecule has 12 heteroatoms. The van der Waals surface area contributed by atoms with Crippen LogP contribution >= 0.6 is 11.8 Å². The van der Waals surface area contributed by atoms with Crippen LogP contribution in [-0.2, 0) is 32.0 Å². The highest BCUT2D eigenvalue weighted by atomic mass is 32.2. The van der Waals surface area contributed by atoms with Gasteiger partial charge in [0.25, 0.3) is 5.22 Å². The van der Waals surface area contributed by atoms with E-state index in [1.54, 1.807) is 20.8 Å². The van der Waals surface area contributed by atoms with E-state index in [4.69, 9.17) is 13.9 Å². The van der Waals surface area contributed by atoms with Gasteiger partial charge in [0.1, 0.15) is 17.7 Å². The third kappa shape index (κ3) is 6.12. The summed E-state index contributed by atoms with van der Waals surface area (Å²) in [6.45, 7) is 9.41. The van der Waals surface area contributed by atoms with Crippen molar-refractivity contribution in [2.24, 2.45) is 5.92 Å². The van der Waals surface area contributed by atoms with Crippen molar-refractivity contribution in [2.45, 2.75) is 70.5 Å². The molecule has 0 fully saturated rings. The van der Waals surface area contributed by atoms with Gasteiger partial charge in [-0.15, -0.1) is 10.2 Å². The predicted molar refractivity (Wildman–Crippen MR) is 140 cm³/mol. The maximum absolute atomic E-state index is 13.3. The van der Waals surface area contributed by atoms with Crippen molar-refractivity contribution in [3.63, 3.8) is 0 Å². The number of hydrogen-bond donors (Lipinski definition) is 2. The van der Waals surface area contributed by atoms with Gasteiger partial charge in [-0.05, 0) is 38.3 Å². The molecule has 2 atom stereocenters. The first-order valence-electron chi connectivity index (χ1n) is 12.4. The molecule has 38 heavy (non-hydrogen) atoms. The molecule has 1 aliphatic heterocycles. The second kappa shape index (κ2) is 11.1. The lowest BCUT2D eigenvalue weighted by Gasteiger charge is -2.33. The lowest BCUT2D eigenvalue weighted by Crippen LogP contribution is -2.49. The summed E-state index contributed by atoms with van der Waals surface area (Å²) in [5.74, 6) is -0.582. The Kier molecular flexibility index (Phi) is 8.00. The normalized spacial score (nSPS) is 16.3. The number of para-hydroxylation sites is 1. The Balaban J connectivity index is 1.45. The summed E-state index contributed by atoms with van der Waals surface area (Å²) in [5.41, 5.74) is 2.23. The van der Waals surface area contributed by atoms with Crippen molar-refractivity contribution < 1.29 is 28.3 Å². The molecule has 2 unspecified atom stereocenters. The highest BCUT2D eigenvalue weighted by molar-refractivity contribution is 7.99. The van der Waals surface area contributed by atoms with Gasteiger partial charge in [-0.1, -0.05) is 43.8 Å². The number of esters is 1. The Labute approximate surface area is 225 Å². The molecule has 11 nitrogen and oxygen atoms in total. The van der Waals surface area contributed by atoms with E-state index in [-0.39, 0.29) is 35.2 Å². The van der Waals surface area contributed by atoms with Crippen LogP contribution in [0, 0.1) is 5.92 Å². The first kappa shape index (κ1) is 27.5. The van der Waals surface area contributed by atoms with Crippen molar-refractivity contribution in [3.05, 3.63) is 41.4 Å². The van der Waals surface area contributed by atoms with Crippen LogP contribution in [0.1, 0.15) is 57.8 Å². The van der Waals surface area contributed by atoms with Crippen LogP contribution in [0.2, 0.25) is 0 Å². The number of fused-ring (bicyclic) bond motifs is 3. The number of carbonyl (C=O) groups excluding carboxylic acids is 3. The number of aromatic amines is 1. The number of nitrogens with one attached hydrogen (secondary N) is 2. The molecule has 3 aromatic rings. The van der Waals surface area contributed by atoms with E-state index in [0.717, 1.165) is 33.9 Å². The maximum atomic E-state index is 13.3. The molecule has 1 aromatic carbocycles. The van der Waals surface area contributed by atoms with Crippen LogP contribution in [0.5, 0.6) is 0 Å². The SMILES string of the molecule is COC(=O)C1Cc2c([nH]c3ccccc23)CN1C(=O)CSc1nnc(C(NC(=O)OC(C)(C)C)C(C)C)o1. The number of carbonyl (C=O) groups is 3. The van der Waals surface area contributed by atoms with Crippen LogP contribution < -0.4 is 5.32 Å². The number of nitrogens with zero attached hydrogens (tertiary/aromatic N) is 3. The predicted octanol–water partition coefficient (Wildman–Crippen LogP) is 3.99. The number of rotatable bonds is 7. The van der Waals surface area contributed by atoms with E-state index < -0.39 is 29.7 Å². The molecule has 4 rings (SSSR count). The largest absolute Gasteiger partial charge is 0.467 e. The van der Waals surface area contributed by atoms with Crippen LogP contribution in [0.4, 0.5) is 4.79 Å². The summed E-state index contributed by atoms with van der Waals surface area (Å²) in [7, 11) is 1.32. The third-order valence-electron chi connectivity index (χ3n) is 6.14. The van der Waals surface area contributed by atoms with Gasteiger partial charge >= 0.3 is 12.1 Å². The van der Waals surface area contributed by atoms with Crippen LogP contribution in [0.25, 0.3) is 10.9 Å². The molecule has 0 aliphatic carbocycles. The minimum Gasteiger partial charge on any atom is -0.467 e. The Morgan fingerprint density at radius 2 is 1.97 bits per heavy atom. The fourth-order valence-corrected chi connectivity index (χ4v) is 5.03. The molecule has 0 bridgehead atoms. The smallest absolute Gasteiger partial charge is 0.408 e. The van der Waals surface area contributed by atoms with Crippen molar-refractivity contribution in [2.75, 3.05) is 12.9 Å². The van der Waals surface area contributed by atoms with Gasteiger partial charge in [-0.2, -0.15) is 0 Å². The number of amides is 2. The van der Waals surface area contributed by atoms with E-state index in [1.165, 1.54) is 12.0 Å². The highest BCUT2D eigenvalue weighted by Crippen LogP contribution is 2.32. The van der Waals surface area contributed by atoms with E-state index in [9.17, 15) is 14.4 Å². The first-order chi connectivity index (χ1) is 18.0. The summed E-state index contributed by atoms with van der Waals surface area (Å²) < 4.78 is 16.1. The topological polar surface area (TPSA) is 140 Å². The Morgan fingerprint density at radius 3 is 2.66 bits per heavy atom. The summed E-state index contributed by atoms with van der Waals surface area (Å²) >= 11 is 1.07. The summed E-state index contributed by atoms with van der Waals surface area (Å²) in [6, 6.07) is 6.56. The molecule has 2 amide bonds. The second-order valence-corrected chi connectivity index (χ2v) is 11.4. The van der Waals surface area contributed by atoms with E-state index in [1.807, 2.05) is 38.1 Å². The summed E-state index contributed by atoms with van der Waals surface area (Å²) in [4.78, 5) is 43.1. The Morgan fingerprint density at radius 1 is 1.24 bits per heavy atom. The molecule has 1 aliphatic rings. The van der Waals surface area contributed by atoms with E-state index in [2.05, 4.69) is 20.5 Å². The molecule has 3 heterocycles. The molecule has 0 saturated carbocycles. The third-order valence-corrected chi connectivity index (χ3v) is 6.95. The zero-order valence-electron chi connectivity index (χ0n) is 22.4. The standard InChI is InChI=1S/C26H33N5O6S/c1-14(2)21(28-24(34)37-26(3,4)5)22-29-30-25(36-22)38-13-20(32)31-12-18-16(11-19(31)23(33)35-6)15-9-7-8-10-17(15)27-18/h7-10,14,19,21,27H,11-13H2,1-6H3,(H,28,34). The van der Waals surface area contributed by atoms with Crippen LogP contribution in [0.3, 0.4) is 0 Å². The van der Waals surface area contributed by atoms with Gasteiger partial charge in [0.2, 0.25) is 11.8 Å². The quantitative estimate of drug-likeness (QED) is 0.334. The zero-order valence-corrected chi connectivity index (χ0v) is 23.2. The van der Waals surface area contributed by atoms with Gasteiger partial charge in [0.05, 0.1) is 19.4 Å². The first-order valence-corrected chi connectivity index (χ1v) is 13.4. The minimum atomic E-state index is -0.735. The number of benzene rings is 1. The molecule has 2 aromatic heterocycles. The number of alkyl carbamates (subject to hydrolysis) is 1. The van der Waals surface area contributed by atoms with Gasteiger partial charge < -0.3 is 29.1 Å². The molecular weight excluding hydrogens is 510 g/mol. The number of aromatic nitrogens is 3. The number of ether oxygens (including phenoxy) is 2. The van der Waals surface area contributed by atoms with Crippen molar-refractivity contribution in [3.8, 4) is 0 Å². The molecule has 0 radical (unpaired) electrons. The van der Waals surface area contributed by atoms with Crippen molar-refractivity contribution in [1.29, 1.82) is 0 Å². The second-order valence-electron chi connectivity index (χ2n) is 10.5. The van der Waals surface area contributed by atoms with Gasteiger partial charge in [-0.25, -0.2) is 9.59 Å².